The van der Waals surface area contributed by atoms with Gasteiger partial charge in [0.25, 0.3) is 0 Å². The van der Waals surface area contributed by atoms with E-state index in [1.807, 2.05) is 0 Å². The summed E-state index contributed by atoms with van der Waals surface area (Å²) in [6.45, 7) is 0. The molecule has 0 aliphatic heterocycles. The molecule has 2 heteroatoms. The molecule has 0 aromatic carbocycles. The largest absolute Gasteiger partial charge is 0.327 e. The van der Waals surface area contributed by atoms with Gasteiger partial charge in [0.15, 0.2) is 0 Å². The van der Waals surface area contributed by atoms with Crippen LogP contribution in [0.4, 0.5) is 0 Å². The van der Waals surface area contributed by atoms with Crippen molar-refractivity contribution in [3.05, 3.63) is 0 Å². The molecular formula is C8H14ClN. The van der Waals surface area contributed by atoms with E-state index < -0.39 is 0 Å². The van der Waals surface area contributed by atoms with Gasteiger partial charge in [-0.05, 0) is 42.9 Å². The summed E-state index contributed by atoms with van der Waals surface area (Å²) < 4.78 is 0. The normalized spacial score (nSPS) is 42.3. The van der Waals surface area contributed by atoms with E-state index in [0.717, 1.165) is 5.41 Å². The molecule has 0 saturated heterocycles. The topological polar surface area (TPSA) is 26.0 Å². The molecule has 0 radical (unpaired) electrons. The fourth-order valence-corrected chi connectivity index (χ4v) is 2.97. The number of rotatable bonds is 0. The van der Waals surface area contributed by atoms with Crippen LogP contribution in [0.3, 0.4) is 0 Å². The van der Waals surface area contributed by atoms with Gasteiger partial charge in [-0.3, -0.25) is 0 Å². The molecule has 3 fully saturated rings. The van der Waals surface area contributed by atoms with Gasteiger partial charge in [-0.2, -0.15) is 0 Å². The second kappa shape index (κ2) is 1.54. The van der Waals surface area contributed by atoms with Crippen LogP contribution in [0, 0.1) is 10.8 Å². The summed E-state index contributed by atoms with van der Waals surface area (Å²) >= 11 is 0. The first-order chi connectivity index (χ1) is 4.29. The molecule has 58 valence electrons. The van der Waals surface area contributed by atoms with Crippen LogP contribution < -0.4 is 5.73 Å². The third kappa shape index (κ3) is 0.474. The summed E-state index contributed by atoms with van der Waals surface area (Å²) in [7, 11) is 0. The molecule has 3 saturated carbocycles. The van der Waals surface area contributed by atoms with Gasteiger partial charge >= 0.3 is 0 Å². The van der Waals surface area contributed by atoms with Crippen LogP contribution in [0.25, 0.3) is 0 Å². The van der Waals surface area contributed by atoms with E-state index in [4.69, 9.17) is 5.73 Å². The molecule has 2 N–H and O–H groups in total. The van der Waals surface area contributed by atoms with Gasteiger partial charge in [0, 0.05) is 6.04 Å². The third-order valence-corrected chi connectivity index (χ3v) is 4.02. The highest BCUT2D eigenvalue weighted by atomic mass is 35.5. The van der Waals surface area contributed by atoms with Crippen molar-refractivity contribution in [2.24, 2.45) is 16.6 Å². The molecule has 0 amide bonds. The lowest BCUT2D eigenvalue weighted by molar-refractivity contribution is 0.0822. The summed E-state index contributed by atoms with van der Waals surface area (Å²) in [5, 5.41) is 0. The van der Waals surface area contributed by atoms with Gasteiger partial charge in [-0.1, -0.05) is 0 Å². The lowest BCUT2D eigenvalue weighted by Gasteiger charge is -2.45. The van der Waals surface area contributed by atoms with Crippen molar-refractivity contribution in [2.45, 2.75) is 38.1 Å². The molecule has 1 unspecified atom stereocenters. The van der Waals surface area contributed by atoms with Crippen LogP contribution in [-0.2, 0) is 0 Å². The van der Waals surface area contributed by atoms with Crippen LogP contribution in [0.5, 0.6) is 0 Å². The van der Waals surface area contributed by atoms with Gasteiger partial charge in [-0.25, -0.2) is 0 Å². The molecule has 1 atom stereocenters. The van der Waals surface area contributed by atoms with Crippen LogP contribution in [0.1, 0.15) is 32.1 Å². The second-order valence-electron chi connectivity index (χ2n) is 4.25. The molecule has 0 heterocycles. The van der Waals surface area contributed by atoms with Crippen molar-refractivity contribution in [1.82, 2.24) is 0 Å². The monoisotopic (exact) mass is 159 g/mol. The van der Waals surface area contributed by atoms with Gasteiger partial charge in [0.05, 0.1) is 0 Å². The van der Waals surface area contributed by atoms with E-state index in [2.05, 4.69) is 0 Å². The molecule has 3 aliphatic rings. The number of hydrogen-bond donors (Lipinski definition) is 1. The maximum Gasteiger partial charge on any atom is 0.0106 e. The number of halogens is 1. The van der Waals surface area contributed by atoms with E-state index in [0.29, 0.717) is 11.5 Å². The number of nitrogens with two attached hydrogens (primary N) is 1. The van der Waals surface area contributed by atoms with E-state index in [1.54, 1.807) is 0 Å². The molecule has 3 aliphatic carbocycles. The predicted octanol–water partition coefficient (Wildman–Crippen LogP) is 1.70. The molecule has 0 aromatic heterocycles. The van der Waals surface area contributed by atoms with Gasteiger partial charge in [-0.15, -0.1) is 12.4 Å². The standard InChI is InChI=1S/C8H13N.ClH/c9-6-5-7(1-2-7)8(6)3-4-8;/h6H,1-5,9H2;1H. The average Bonchev–Trinajstić information content (AvgIpc) is 2.62. The minimum absolute atomic E-state index is 0. The Morgan fingerprint density at radius 3 is 1.90 bits per heavy atom. The summed E-state index contributed by atoms with van der Waals surface area (Å²) in [6.07, 6.45) is 7.26. The van der Waals surface area contributed by atoms with Crippen LogP contribution in [-0.4, -0.2) is 6.04 Å². The summed E-state index contributed by atoms with van der Waals surface area (Å²) in [5.41, 5.74) is 7.48. The fraction of sp³-hybridized carbons (Fsp3) is 1.00. The van der Waals surface area contributed by atoms with Crippen molar-refractivity contribution in [2.75, 3.05) is 0 Å². The predicted molar refractivity (Wildman–Crippen MR) is 43.2 cm³/mol. The second-order valence-corrected chi connectivity index (χ2v) is 4.25. The quantitative estimate of drug-likeness (QED) is 0.572. The highest BCUT2D eigenvalue weighted by Gasteiger charge is 2.74. The van der Waals surface area contributed by atoms with E-state index >= 15 is 0 Å². The Morgan fingerprint density at radius 1 is 1.10 bits per heavy atom. The fourth-order valence-electron chi connectivity index (χ4n) is 2.97. The highest BCUT2D eigenvalue weighted by molar-refractivity contribution is 5.85. The van der Waals surface area contributed by atoms with Crippen molar-refractivity contribution in [3.63, 3.8) is 0 Å². The Balaban J connectivity index is 0.000000403. The zero-order valence-electron chi connectivity index (χ0n) is 6.10. The molecule has 3 rings (SSSR count). The molecule has 2 spiro atoms. The van der Waals surface area contributed by atoms with Gasteiger partial charge in [0.2, 0.25) is 0 Å². The number of hydrogen-bond acceptors (Lipinski definition) is 1. The first-order valence-corrected chi connectivity index (χ1v) is 4.05. The van der Waals surface area contributed by atoms with Crippen molar-refractivity contribution in [3.8, 4) is 0 Å². The SMILES string of the molecule is Cl.NC1CC2(CC2)C12CC2. The third-order valence-electron chi connectivity index (χ3n) is 4.02. The van der Waals surface area contributed by atoms with Crippen molar-refractivity contribution in [1.29, 1.82) is 0 Å². The highest BCUT2D eigenvalue weighted by Crippen LogP contribution is 2.80. The average molecular weight is 160 g/mol. The maximum atomic E-state index is 5.93. The molecule has 10 heavy (non-hydrogen) atoms. The van der Waals surface area contributed by atoms with E-state index in [9.17, 15) is 0 Å². The smallest absolute Gasteiger partial charge is 0.0106 e. The lowest BCUT2D eigenvalue weighted by atomic mass is 9.63. The Hall–Kier alpha value is 0.250. The Labute approximate surface area is 67.8 Å². The summed E-state index contributed by atoms with van der Waals surface area (Å²) in [4.78, 5) is 0. The zero-order chi connectivity index (χ0) is 6.11. The van der Waals surface area contributed by atoms with Gasteiger partial charge in [0.1, 0.15) is 0 Å². The van der Waals surface area contributed by atoms with Gasteiger partial charge < -0.3 is 5.73 Å². The Morgan fingerprint density at radius 2 is 1.70 bits per heavy atom. The summed E-state index contributed by atoms with van der Waals surface area (Å²) in [5.74, 6) is 0. The lowest BCUT2D eigenvalue weighted by Crippen LogP contribution is -2.50. The Kier molecular flexibility index (Phi) is 1.06. The zero-order valence-corrected chi connectivity index (χ0v) is 6.91. The first-order valence-electron chi connectivity index (χ1n) is 4.05. The molecule has 0 bridgehead atoms. The molecule has 0 aromatic rings. The van der Waals surface area contributed by atoms with Crippen LogP contribution in [0.15, 0.2) is 0 Å². The van der Waals surface area contributed by atoms with E-state index in [-0.39, 0.29) is 12.4 Å². The molecule has 1 nitrogen and oxygen atoms in total. The van der Waals surface area contributed by atoms with Crippen molar-refractivity contribution >= 4 is 12.4 Å². The van der Waals surface area contributed by atoms with Crippen molar-refractivity contribution < 1.29 is 0 Å². The minimum Gasteiger partial charge on any atom is -0.327 e. The Bertz CT molecular complexity index is 170. The molecular weight excluding hydrogens is 146 g/mol. The summed E-state index contributed by atoms with van der Waals surface area (Å²) in [6, 6.07) is 0.597. The van der Waals surface area contributed by atoms with Crippen LogP contribution >= 0.6 is 12.4 Å². The first kappa shape index (κ1) is 6.93. The van der Waals surface area contributed by atoms with Crippen LogP contribution in [0.2, 0.25) is 0 Å². The number of fused-ring (bicyclic) bond motifs is 1. The maximum absolute atomic E-state index is 5.93. The van der Waals surface area contributed by atoms with E-state index in [1.165, 1.54) is 32.1 Å². The minimum atomic E-state index is 0.